The largest absolute Gasteiger partial charge is 0.329 e. The Bertz CT molecular complexity index is 1220. The predicted molar refractivity (Wildman–Crippen MR) is 123 cm³/mol. The van der Waals surface area contributed by atoms with Gasteiger partial charge in [0.2, 0.25) is 5.91 Å². The number of hydrogen-bond acceptors (Lipinski definition) is 5. The summed E-state index contributed by atoms with van der Waals surface area (Å²) in [6.07, 6.45) is -0.0137. The molecule has 31 heavy (non-hydrogen) atoms. The second kappa shape index (κ2) is 8.99. The molecule has 1 aliphatic heterocycles. The van der Waals surface area contributed by atoms with Gasteiger partial charge in [-0.15, -0.1) is 11.3 Å². The summed E-state index contributed by atoms with van der Waals surface area (Å²) in [5.41, 5.74) is 0.924. The van der Waals surface area contributed by atoms with E-state index in [-0.39, 0.29) is 17.8 Å². The van der Waals surface area contributed by atoms with Crippen LogP contribution in [0.25, 0.3) is 0 Å². The molecule has 2 N–H and O–H groups in total. The van der Waals surface area contributed by atoms with Crippen LogP contribution in [0.5, 0.6) is 0 Å². The summed E-state index contributed by atoms with van der Waals surface area (Å²) in [4.78, 5) is 38.2. The summed E-state index contributed by atoms with van der Waals surface area (Å²) in [6.45, 7) is 0. The number of urea groups is 1. The number of fused-ring (bicyclic) bond motifs is 1. The minimum Gasteiger partial charge on any atom is -0.307 e. The van der Waals surface area contributed by atoms with E-state index in [1.54, 1.807) is 30.3 Å². The Labute approximate surface area is 198 Å². The summed E-state index contributed by atoms with van der Waals surface area (Å²) in [6, 6.07) is 11.7. The first-order valence-corrected chi connectivity index (χ1v) is 11.6. The van der Waals surface area contributed by atoms with Crippen LogP contribution in [0.4, 0.5) is 20.6 Å². The van der Waals surface area contributed by atoms with Crippen molar-refractivity contribution in [3.05, 3.63) is 74.3 Å². The highest BCUT2D eigenvalue weighted by Gasteiger charge is 2.33. The summed E-state index contributed by atoms with van der Waals surface area (Å²) in [7, 11) is 0. The lowest BCUT2D eigenvalue weighted by atomic mass is 9.98. The number of imide groups is 1. The summed E-state index contributed by atoms with van der Waals surface area (Å²) in [5, 5.41) is 2.50. The second-order valence-corrected chi connectivity index (χ2v) is 10.1. The minimum absolute atomic E-state index is 0.0137. The zero-order valence-electron chi connectivity index (χ0n) is 15.4. The number of hydrogen-bond donors (Lipinski definition) is 2. The number of amides is 4. The average Bonchev–Trinajstić information content (AvgIpc) is 3.14. The van der Waals surface area contributed by atoms with Crippen molar-refractivity contribution < 1.29 is 18.8 Å². The molecule has 11 heteroatoms. The lowest BCUT2D eigenvalue weighted by Crippen LogP contribution is -2.43. The standard InChI is InChI=1S/C20H12BrClFN3O3S2/c21-11-2-1-10-7-17(27)26(19(28)13(10)8-11)15-4-3-12(9-14(15)23)24-20(29)25-31-18-6-5-16(22)30-18/h1-6,8-9H,7H2,(H2,24,25,29). The number of nitrogens with one attached hydrogen (secondary N) is 2. The minimum atomic E-state index is -0.810. The number of carbonyl (C=O) groups excluding carboxylic acids is 3. The van der Waals surface area contributed by atoms with Crippen LogP contribution in [0.1, 0.15) is 15.9 Å². The van der Waals surface area contributed by atoms with E-state index in [4.69, 9.17) is 11.6 Å². The Balaban J connectivity index is 1.49. The van der Waals surface area contributed by atoms with Gasteiger partial charge in [-0.2, -0.15) is 0 Å². The van der Waals surface area contributed by atoms with Crippen molar-refractivity contribution in [2.24, 2.45) is 0 Å². The van der Waals surface area contributed by atoms with Crippen LogP contribution >= 0.6 is 50.8 Å². The zero-order chi connectivity index (χ0) is 22.1. The van der Waals surface area contributed by atoms with Gasteiger partial charge in [0.25, 0.3) is 5.91 Å². The molecular formula is C20H12BrClFN3O3S2. The molecule has 0 bridgehead atoms. The second-order valence-electron chi connectivity index (χ2n) is 6.40. The van der Waals surface area contributed by atoms with E-state index in [0.717, 1.165) is 27.1 Å². The number of halogens is 3. The fourth-order valence-electron chi connectivity index (χ4n) is 2.99. The molecule has 6 nitrogen and oxygen atoms in total. The summed E-state index contributed by atoms with van der Waals surface area (Å²) in [5.74, 6) is -1.94. The first kappa shape index (κ1) is 21.8. The Hall–Kier alpha value is -2.40. The molecule has 0 spiro atoms. The number of rotatable bonds is 4. The Kier molecular flexibility index (Phi) is 6.33. The molecule has 0 saturated carbocycles. The first-order chi connectivity index (χ1) is 14.8. The zero-order valence-corrected chi connectivity index (χ0v) is 19.4. The molecule has 0 radical (unpaired) electrons. The van der Waals surface area contributed by atoms with E-state index < -0.39 is 23.7 Å². The molecule has 0 aliphatic carbocycles. The third kappa shape index (κ3) is 4.77. The normalized spacial score (nSPS) is 13.2. The maximum absolute atomic E-state index is 14.8. The van der Waals surface area contributed by atoms with Crippen LogP contribution in [0.3, 0.4) is 0 Å². The van der Waals surface area contributed by atoms with Crippen LogP contribution in [-0.4, -0.2) is 17.8 Å². The molecule has 2 heterocycles. The monoisotopic (exact) mass is 539 g/mol. The average molecular weight is 541 g/mol. The third-order valence-corrected chi connectivity index (χ3v) is 6.98. The predicted octanol–water partition coefficient (Wildman–Crippen LogP) is 5.86. The van der Waals surface area contributed by atoms with Gasteiger partial charge in [-0.05, 0) is 60.0 Å². The van der Waals surface area contributed by atoms with Crippen LogP contribution in [0.2, 0.25) is 4.34 Å². The third-order valence-electron chi connectivity index (χ3n) is 4.34. The van der Waals surface area contributed by atoms with Crippen LogP contribution in [-0.2, 0) is 11.2 Å². The maximum atomic E-state index is 14.8. The highest BCUT2D eigenvalue weighted by atomic mass is 79.9. The van der Waals surface area contributed by atoms with Gasteiger partial charge in [-0.25, -0.2) is 14.1 Å². The number of nitrogens with zero attached hydrogens (tertiary/aromatic N) is 1. The smallest absolute Gasteiger partial charge is 0.307 e. The summed E-state index contributed by atoms with van der Waals surface area (Å²) < 4.78 is 19.4. The molecule has 3 aromatic rings. The highest BCUT2D eigenvalue weighted by Crippen LogP contribution is 2.31. The number of thiophene rings is 1. The Morgan fingerprint density at radius 3 is 2.68 bits per heavy atom. The van der Waals surface area contributed by atoms with Crippen molar-refractivity contribution in [1.82, 2.24) is 4.72 Å². The van der Waals surface area contributed by atoms with Crippen molar-refractivity contribution in [1.29, 1.82) is 0 Å². The summed E-state index contributed by atoms with van der Waals surface area (Å²) >= 11 is 11.5. The van der Waals surface area contributed by atoms with Crippen molar-refractivity contribution in [2.75, 3.05) is 10.2 Å². The van der Waals surface area contributed by atoms with E-state index in [9.17, 15) is 18.8 Å². The van der Waals surface area contributed by atoms with E-state index in [2.05, 4.69) is 26.0 Å². The molecule has 0 unspecified atom stereocenters. The molecule has 1 aromatic heterocycles. The maximum Gasteiger partial charge on any atom is 0.329 e. The first-order valence-electron chi connectivity index (χ1n) is 8.76. The van der Waals surface area contributed by atoms with Crippen molar-refractivity contribution >= 4 is 80.0 Å². The molecular weight excluding hydrogens is 529 g/mol. The van der Waals surface area contributed by atoms with Gasteiger partial charge in [0.05, 0.1) is 20.7 Å². The van der Waals surface area contributed by atoms with Gasteiger partial charge in [0.1, 0.15) is 5.82 Å². The fraction of sp³-hybridized carbons (Fsp3) is 0.0500. The lowest BCUT2D eigenvalue weighted by molar-refractivity contribution is -0.117. The Morgan fingerprint density at radius 2 is 1.97 bits per heavy atom. The molecule has 0 saturated heterocycles. The van der Waals surface area contributed by atoms with Gasteiger partial charge >= 0.3 is 6.03 Å². The van der Waals surface area contributed by atoms with Gasteiger partial charge in [-0.1, -0.05) is 33.6 Å². The van der Waals surface area contributed by atoms with Gasteiger partial charge in [-0.3, -0.25) is 14.3 Å². The number of anilines is 2. The lowest BCUT2D eigenvalue weighted by Gasteiger charge is -2.27. The molecule has 4 amide bonds. The van der Waals surface area contributed by atoms with Crippen molar-refractivity contribution in [2.45, 2.75) is 10.6 Å². The highest BCUT2D eigenvalue weighted by molar-refractivity contribution is 9.10. The molecule has 0 atom stereocenters. The Morgan fingerprint density at radius 1 is 1.16 bits per heavy atom. The van der Waals surface area contributed by atoms with E-state index in [1.165, 1.54) is 23.5 Å². The van der Waals surface area contributed by atoms with Crippen LogP contribution < -0.4 is 14.9 Å². The quantitative estimate of drug-likeness (QED) is 0.321. The van der Waals surface area contributed by atoms with Crippen molar-refractivity contribution in [3.63, 3.8) is 0 Å². The fourth-order valence-corrected chi connectivity index (χ4v) is 5.21. The molecule has 4 rings (SSSR count). The van der Waals surface area contributed by atoms with Gasteiger partial charge in [0.15, 0.2) is 0 Å². The molecule has 0 fully saturated rings. The molecule has 158 valence electrons. The molecule has 2 aromatic carbocycles. The number of carbonyl (C=O) groups is 3. The van der Waals surface area contributed by atoms with Gasteiger partial charge < -0.3 is 5.32 Å². The van der Waals surface area contributed by atoms with Crippen LogP contribution in [0.15, 0.2) is 57.2 Å². The van der Waals surface area contributed by atoms with E-state index in [0.29, 0.717) is 19.9 Å². The van der Waals surface area contributed by atoms with Gasteiger partial charge in [0, 0.05) is 15.7 Å². The van der Waals surface area contributed by atoms with Crippen molar-refractivity contribution in [3.8, 4) is 0 Å². The van der Waals surface area contributed by atoms with E-state index >= 15 is 0 Å². The van der Waals surface area contributed by atoms with Crippen LogP contribution in [0, 0.1) is 5.82 Å². The van der Waals surface area contributed by atoms with E-state index in [1.807, 2.05) is 0 Å². The number of benzene rings is 2. The SMILES string of the molecule is O=C(NSc1ccc(Cl)s1)Nc1ccc(N2C(=O)Cc3ccc(Br)cc3C2=O)c(F)c1. The topological polar surface area (TPSA) is 78.5 Å². The molecule has 1 aliphatic rings.